The van der Waals surface area contributed by atoms with Gasteiger partial charge in [-0.1, -0.05) is 48.9 Å². The number of likely N-dealkylation sites (N-methyl/N-ethyl adjacent to an activating group) is 1. The van der Waals surface area contributed by atoms with Gasteiger partial charge in [0.1, 0.15) is 5.66 Å². The number of nitrogens with one attached hydrogen (secondary N) is 1. The van der Waals surface area contributed by atoms with Gasteiger partial charge in [-0.2, -0.15) is 5.06 Å². The number of rotatable bonds is 5. The summed E-state index contributed by atoms with van der Waals surface area (Å²) in [7, 11) is 1.60. The van der Waals surface area contributed by atoms with Gasteiger partial charge in [0.05, 0.1) is 23.9 Å². The molecule has 4 amide bonds. The SMILES string of the molecule is CC(C)(C)ON(C=O)C1(NC(=O)[N@@+]2(C)C(=O)CN=C(c3ccccc3)c3ccccc32)CCCCC1. The van der Waals surface area contributed by atoms with Crippen molar-refractivity contribution in [3.05, 3.63) is 65.7 Å². The normalized spacial score (nSPS) is 21.6. The second-order valence-corrected chi connectivity index (χ2v) is 10.6. The summed E-state index contributed by atoms with van der Waals surface area (Å²) in [5.41, 5.74) is 1.13. The minimum atomic E-state index is -1.05. The molecule has 2 aromatic carbocycles. The van der Waals surface area contributed by atoms with E-state index in [2.05, 4.69) is 10.3 Å². The van der Waals surface area contributed by atoms with Crippen LogP contribution in [0.5, 0.6) is 0 Å². The summed E-state index contributed by atoms with van der Waals surface area (Å²) in [6.07, 6.45) is 4.36. The lowest BCUT2D eigenvalue weighted by molar-refractivity contribution is -0.265. The average Bonchev–Trinajstić information content (AvgIpc) is 2.98. The lowest BCUT2D eigenvalue weighted by atomic mass is 9.88. The quantitative estimate of drug-likeness (QED) is 0.287. The third kappa shape index (κ3) is 4.83. The Morgan fingerprint density at radius 2 is 1.69 bits per heavy atom. The molecule has 1 aliphatic heterocycles. The summed E-state index contributed by atoms with van der Waals surface area (Å²) < 4.78 is -0.611. The highest BCUT2D eigenvalue weighted by Crippen LogP contribution is 2.36. The first-order chi connectivity index (χ1) is 17.1. The monoisotopic (exact) mass is 491 g/mol. The lowest BCUT2D eigenvalue weighted by Gasteiger charge is -2.46. The van der Waals surface area contributed by atoms with E-state index in [1.165, 1.54) is 5.06 Å². The molecular weight excluding hydrogens is 456 g/mol. The minimum Gasteiger partial charge on any atom is -0.279 e. The third-order valence-corrected chi connectivity index (χ3v) is 6.88. The molecule has 1 atom stereocenters. The Kier molecular flexibility index (Phi) is 7.11. The van der Waals surface area contributed by atoms with Crippen molar-refractivity contribution >= 4 is 29.7 Å². The van der Waals surface area contributed by atoms with Gasteiger partial charge in [0.2, 0.25) is 6.41 Å². The van der Waals surface area contributed by atoms with E-state index in [1.807, 2.05) is 69.3 Å². The maximum atomic E-state index is 14.1. The highest BCUT2D eigenvalue weighted by Gasteiger charge is 2.51. The summed E-state index contributed by atoms with van der Waals surface area (Å²) in [6, 6.07) is 16.5. The summed E-state index contributed by atoms with van der Waals surface area (Å²) in [6.45, 7) is 5.41. The number of imide groups is 1. The molecule has 0 unspecified atom stereocenters. The molecule has 1 N–H and O–H groups in total. The predicted octanol–water partition coefficient (Wildman–Crippen LogP) is 4.56. The van der Waals surface area contributed by atoms with E-state index >= 15 is 0 Å². The molecule has 0 saturated heterocycles. The molecule has 2 aromatic rings. The third-order valence-electron chi connectivity index (χ3n) is 6.88. The number of hydrogen-bond donors (Lipinski definition) is 1. The van der Waals surface area contributed by atoms with Crippen LogP contribution >= 0.6 is 0 Å². The van der Waals surface area contributed by atoms with Crippen LogP contribution < -0.4 is 9.80 Å². The van der Waals surface area contributed by atoms with Crippen molar-refractivity contribution in [1.82, 2.24) is 14.9 Å². The number of carbonyl (C=O) groups is 3. The lowest BCUT2D eigenvalue weighted by Crippen LogP contribution is -2.69. The average molecular weight is 492 g/mol. The fourth-order valence-corrected chi connectivity index (χ4v) is 4.99. The van der Waals surface area contributed by atoms with E-state index in [1.54, 1.807) is 13.1 Å². The van der Waals surface area contributed by atoms with E-state index in [9.17, 15) is 14.4 Å². The zero-order valence-corrected chi connectivity index (χ0v) is 21.5. The zero-order chi connectivity index (χ0) is 26.0. The van der Waals surface area contributed by atoms with Gasteiger partial charge in [0, 0.05) is 11.6 Å². The van der Waals surface area contributed by atoms with E-state index < -0.39 is 21.8 Å². The number of nitrogens with zero attached hydrogens (tertiary/aromatic N) is 3. The largest absolute Gasteiger partial charge is 0.430 e. The molecule has 1 heterocycles. The molecular formula is C28H35N4O4+. The summed E-state index contributed by atoms with van der Waals surface area (Å²) in [5, 5.41) is 4.35. The number of hydrogen-bond acceptors (Lipinski definition) is 5. The van der Waals surface area contributed by atoms with E-state index in [0.717, 1.165) is 30.4 Å². The Hall–Kier alpha value is -3.36. The molecule has 8 heteroatoms. The van der Waals surface area contributed by atoms with Gasteiger partial charge >= 0.3 is 11.9 Å². The first kappa shape index (κ1) is 25.7. The van der Waals surface area contributed by atoms with Crippen molar-refractivity contribution in [2.24, 2.45) is 4.99 Å². The Bertz CT molecular complexity index is 1170. The number of hydroxylamine groups is 2. The first-order valence-corrected chi connectivity index (χ1v) is 12.5. The molecule has 4 rings (SSSR count). The van der Waals surface area contributed by atoms with Gasteiger partial charge in [-0.25, -0.2) is 9.59 Å². The van der Waals surface area contributed by atoms with Gasteiger partial charge in [0.25, 0.3) is 0 Å². The van der Waals surface area contributed by atoms with E-state index in [-0.39, 0.29) is 12.5 Å². The smallest absolute Gasteiger partial charge is 0.279 e. The number of urea groups is 1. The molecule has 1 aliphatic carbocycles. The van der Waals surface area contributed by atoms with Crippen LogP contribution in [0.15, 0.2) is 59.6 Å². The van der Waals surface area contributed by atoms with E-state index in [4.69, 9.17) is 4.84 Å². The highest BCUT2D eigenvalue weighted by atomic mass is 16.7. The number of carbonyl (C=O) groups excluding carboxylic acids is 3. The predicted molar refractivity (Wildman–Crippen MR) is 139 cm³/mol. The number of amides is 4. The van der Waals surface area contributed by atoms with Gasteiger partial charge in [-0.05, 0) is 52.5 Å². The second kappa shape index (κ2) is 9.95. The summed E-state index contributed by atoms with van der Waals surface area (Å²) >= 11 is 0. The summed E-state index contributed by atoms with van der Waals surface area (Å²) in [5.74, 6) is -0.355. The molecule has 36 heavy (non-hydrogen) atoms. The van der Waals surface area contributed by atoms with Crippen LogP contribution in [0.25, 0.3) is 0 Å². The standard InChI is InChI=1S/C28H34N4O4/c1-27(2,3)36-31(20-33)28(17-11-6-12-18-28)30-26(35)32(4)23-16-10-9-15-22(23)25(29-19-24(32)34)21-13-7-5-8-14-21/h5,7-10,13-16,20H,6,11-12,17-19H2,1-4H3/p+1/t32-/m1/s1. The molecule has 0 radical (unpaired) electrons. The van der Waals surface area contributed by atoms with Crippen molar-refractivity contribution in [2.45, 2.75) is 64.1 Å². The van der Waals surface area contributed by atoms with Gasteiger partial charge in [0.15, 0.2) is 12.2 Å². The van der Waals surface area contributed by atoms with Crippen LogP contribution in [0.3, 0.4) is 0 Å². The Morgan fingerprint density at radius 1 is 1.06 bits per heavy atom. The second-order valence-electron chi connectivity index (χ2n) is 10.6. The number of para-hydroxylation sites is 1. The van der Waals surface area contributed by atoms with Crippen LogP contribution in [0.4, 0.5) is 10.5 Å². The zero-order valence-electron chi connectivity index (χ0n) is 21.5. The molecule has 0 spiro atoms. The Balaban J connectivity index is 1.76. The van der Waals surface area contributed by atoms with Crippen molar-refractivity contribution in [3.8, 4) is 0 Å². The number of benzene rings is 2. The van der Waals surface area contributed by atoms with Gasteiger partial charge in [-0.3, -0.25) is 19.9 Å². The van der Waals surface area contributed by atoms with Crippen molar-refractivity contribution in [2.75, 3.05) is 13.6 Å². The molecule has 8 nitrogen and oxygen atoms in total. The fourth-order valence-electron chi connectivity index (χ4n) is 4.99. The molecule has 1 fully saturated rings. The van der Waals surface area contributed by atoms with Crippen LogP contribution in [0, 0.1) is 0 Å². The molecule has 0 bridgehead atoms. The van der Waals surface area contributed by atoms with Crippen molar-refractivity contribution < 1.29 is 19.2 Å². The van der Waals surface area contributed by atoms with Gasteiger partial charge < -0.3 is 0 Å². The topological polar surface area (TPSA) is 88.1 Å². The molecule has 190 valence electrons. The summed E-state index contributed by atoms with van der Waals surface area (Å²) in [4.78, 5) is 50.6. The minimum absolute atomic E-state index is 0.147. The molecule has 1 saturated carbocycles. The maximum Gasteiger partial charge on any atom is 0.430 e. The number of aliphatic imine (C=N–C) groups is 1. The molecule has 2 aliphatic rings. The number of fused-ring (bicyclic) bond motifs is 1. The van der Waals surface area contributed by atoms with Gasteiger partial charge in [-0.15, -0.1) is 4.48 Å². The highest BCUT2D eigenvalue weighted by molar-refractivity contribution is 6.22. The molecule has 0 aromatic heterocycles. The maximum absolute atomic E-state index is 14.1. The van der Waals surface area contributed by atoms with Crippen LogP contribution in [0.1, 0.15) is 64.0 Å². The Morgan fingerprint density at radius 3 is 2.33 bits per heavy atom. The fraction of sp³-hybridized carbons (Fsp3) is 0.429. The van der Waals surface area contributed by atoms with E-state index in [0.29, 0.717) is 30.7 Å². The van der Waals surface area contributed by atoms with Crippen molar-refractivity contribution in [3.63, 3.8) is 0 Å². The Labute approximate surface area is 212 Å². The van der Waals surface area contributed by atoms with Crippen LogP contribution in [0.2, 0.25) is 0 Å². The first-order valence-electron chi connectivity index (χ1n) is 12.5. The van der Waals surface area contributed by atoms with Crippen LogP contribution in [-0.2, 0) is 14.4 Å². The number of quaternary nitrogens is 1. The van der Waals surface area contributed by atoms with Crippen LogP contribution in [-0.4, -0.2) is 54.0 Å². The van der Waals surface area contributed by atoms with Crippen molar-refractivity contribution in [1.29, 1.82) is 0 Å². The number of benzodiazepines with no additional fused rings is 1.